The van der Waals surface area contributed by atoms with E-state index in [4.69, 9.17) is 6.42 Å². The lowest BCUT2D eigenvalue weighted by molar-refractivity contribution is -0.151. The topological polar surface area (TPSA) is 171 Å². The molecule has 1 aliphatic carbocycles. The third kappa shape index (κ3) is 11.8. The highest BCUT2D eigenvalue weighted by atomic mass is 32.2. The Morgan fingerprint density at radius 1 is 1.02 bits per heavy atom. The van der Waals surface area contributed by atoms with E-state index in [9.17, 15) is 32.4 Å². The van der Waals surface area contributed by atoms with Crippen LogP contribution >= 0.6 is 0 Å². The number of hydrogen-bond donors (Lipinski definition) is 4. The molecule has 4 N–H and O–H groups in total. The van der Waals surface area contributed by atoms with E-state index < -0.39 is 73.2 Å². The van der Waals surface area contributed by atoms with Crippen molar-refractivity contribution in [3.63, 3.8) is 0 Å². The minimum atomic E-state index is -3.59. The number of Topliss-reactive ketones (excluding diaryl/α,β-unsaturated/α-hetero) is 1. The smallest absolute Gasteiger partial charge is 0.315 e. The zero-order chi connectivity index (χ0) is 39.0. The molecule has 1 heterocycles. The van der Waals surface area contributed by atoms with Crippen LogP contribution in [0.1, 0.15) is 120 Å². The van der Waals surface area contributed by atoms with E-state index in [1.807, 2.05) is 41.5 Å². The Labute approximate surface area is 306 Å². The van der Waals surface area contributed by atoms with E-state index in [1.54, 1.807) is 26.8 Å². The van der Waals surface area contributed by atoms with Gasteiger partial charge in [-0.3, -0.25) is 19.2 Å². The largest absolute Gasteiger partial charge is 0.349 e. The summed E-state index contributed by atoms with van der Waals surface area (Å²) in [5.74, 6) is -0.538. The van der Waals surface area contributed by atoms with Crippen LogP contribution in [0.4, 0.5) is 4.79 Å². The summed E-state index contributed by atoms with van der Waals surface area (Å²) in [7, 11) is -3.59. The van der Waals surface area contributed by atoms with Crippen LogP contribution in [0.5, 0.6) is 0 Å². The van der Waals surface area contributed by atoms with Crippen LogP contribution in [0.25, 0.3) is 0 Å². The molecule has 12 nitrogen and oxygen atoms in total. The third-order valence-corrected chi connectivity index (χ3v) is 13.3. The van der Waals surface area contributed by atoms with Gasteiger partial charge in [0.2, 0.25) is 17.6 Å². The SMILES string of the molecule is C#CCCC(NC(=O)[C@@H]1CC(C)(C)C(C)CN1C(=O)[C@@H](NC(=O)NC1(CS(=O)(=O)C(C)(C)C)CCCCC1)C(C)(C)C)C(=O)C(=O)NCCC=C. The lowest BCUT2D eigenvalue weighted by Crippen LogP contribution is -2.66. The van der Waals surface area contributed by atoms with E-state index in [0.717, 1.165) is 19.3 Å². The molecule has 2 unspecified atom stereocenters. The fraction of sp³-hybridized carbons (Fsp3) is 0.763. The molecule has 13 heteroatoms. The van der Waals surface area contributed by atoms with Crippen molar-refractivity contribution in [2.24, 2.45) is 16.7 Å². The molecule has 288 valence electrons. The van der Waals surface area contributed by atoms with E-state index in [2.05, 4.69) is 33.8 Å². The van der Waals surface area contributed by atoms with Crippen molar-refractivity contribution in [3.05, 3.63) is 12.7 Å². The molecule has 2 rings (SSSR count). The second-order valence-corrected chi connectivity index (χ2v) is 20.0. The molecular formula is C38H63N5O7S. The van der Waals surface area contributed by atoms with Gasteiger partial charge in [-0.15, -0.1) is 18.9 Å². The third-order valence-electron chi connectivity index (χ3n) is 10.5. The molecule has 0 spiro atoms. The molecule has 5 amide bonds. The van der Waals surface area contributed by atoms with Crippen LogP contribution in [0, 0.1) is 29.1 Å². The number of amides is 5. The van der Waals surface area contributed by atoms with Gasteiger partial charge in [0.1, 0.15) is 12.1 Å². The molecule has 2 fully saturated rings. The Hall–Kier alpha value is -3.40. The minimum absolute atomic E-state index is 0.0254. The first-order chi connectivity index (χ1) is 23.4. The number of terminal acetylenes is 1. The Morgan fingerprint density at radius 3 is 2.16 bits per heavy atom. The Kier molecular flexibility index (Phi) is 14.9. The van der Waals surface area contributed by atoms with Crippen molar-refractivity contribution in [1.82, 2.24) is 26.2 Å². The number of rotatable bonds is 14. The number of carbonyl (C=O) groups is 5. The first-order valence-corrected chi connectivity index (χ1v) is 19.8. The summed E-state index contributed by atoms with van der Waals surface area (Å²) in [4.78, 5) is 69.7. The average Bonchev–Trinajstić information content (AvgIpc) is 3.01. The van der Waals surface area contributed by atoms with E-state index in [1.165, 1.54) is 4.90 Å². The fourth-order valence-electron chi connectivity index (χ4n) is 6.59. The highest BCUT2D eigenvalue weighted by Crippen LogP contribution is 2.40. The first-order valence-electron chi connectivity index (χ1n) is 18.2. The number of carbonyl (C=O) groups excluding carboxylic acids is 5. The monoisotopic (exact) mass is 733 g/mol. The van der Waals surface area contributed by atoms with E-state index >= 15 is 0 Å². The van der Waals surface area contributed by atoms with Crippen LogP contribution in [-0.2, 0) is 29.0 Å². The molecule has 1 saturated heterocycles. The summed E-state index contributed by atoms with van der Waals surface area (Å²) in [6, 6.07) is -3.95. The molecule has 0 aromatic rings. The molecule has 0 radical (unpaired) electrons. The normalized spacial score (nSPS) is 21.6. The number of urea groups is 1. The second-order valence-electron chi connectivity index (χ2n) is 17.2. The summed E-state index contributed by atoms with van der Waals surface area (Å²) in [6.07, 6.45) is 11.4. The Bertz CT molecular complexity index is 1450. The summed E-state index contributed by atoms with van der Waals surface area (Å²) in [6.45, 7) is 20.4. The van der Waals surface area contributed by atoms with Crippen molar-refractivity contribution in [1.29, 1.82) is 0 Å². The predicted octanol–water partition coefficient (Wildman–Crippen LogP) is 4.04. The number of nitrogens with zero attached hydrogens (tertiary/aromatic N) is 1. The number of nitrogens with one attached hydrogen (secondary N) is 4. The van der Waals surface area contributed by atoms with Crippen LogP contribution in [0.15, 0.2) is 12.7 Å². The molecule has 1 aliphatic heterocycles. The number of ketones is 1. The highest BCUT2D eigenvalue weighted by Gasteiger charge is 2.48. The molecular weight excluding hydrogens is 671 g/mol. The quantitative estimate of drug-likeness (QED) is 0.0904. The van der Waals surface area contributed by atoms with Gasteiger partial charge < -0.3 is 26.2 Å². The molecule has 0 aromatic heterocycles. The molecule has 0 aromatic carbocycles. The Balaban J connectivity index is 2.42. The van der Waals surface area contributed by atoms with Gasteiger partial charge in [0.05, 0.1) is 22.1 Å². The zero-order valence-electron chi connectivity index (χ0n) is 32.4. The number of sulfone groups is 1. The van der Waals surface area contributed by atoms with Crippen LogP contribution in [0.3, 0.4) is 0 Å². The van der Waals surface area contributed by atoms with Crippen molar-refractivity contribution in [2.75, 3.05) is 18.8 Å². The van der Waals surface area contributed by atoms with Gasteiger partial charge in [-0.1, -0.05) is 66.9 Å². The number of hydrogen-bond acceptors (Lipinski definition) is 7. The summed E-state index contributed by atoms with van der Waals surface area (Å²) in [5.41, 5.74) is -2.16. The minimum Gasteiger partial charge on any atom is -0.349 e. The maximum absolute atomic E-state index is 14.6. The number of likely N-dealkylation sites (tertiary alicyclic amines) is 1. The maximum Gasteiger partial charge on any atom is 0.315 e. The van der Waals surface area contributed by atoms with Gasteiger partial charge in [0.15, 0.2) is 9.84 Å². The molecule has 4 atom stereocenters. The zero-order valence-corrected chi connectivity index (χ0v) is 33.2. The van der Waals surface area contributed by atoms with Crippen molar-refractivity contribution >= 4 is 39.4 Å². The van der Waals surface area contributed by atoms with Crippen LogP contribution in [-0.4, -0.2) is 90.1 Å². The van der Waals surface area contributed by atoms with Crippen molar-refractivity contribution in [3.8, 4) is 12.3 Å². The van der Waals surface area contributed by atoms with Gasteiger partial charge in [-0.2, -0.15) is 0 Å². The van der Waals surface area contributed by atoms with Gasteiger partial charge in [0, 0.05) is 19.5 Å². The lowest BCUT2D eigenvalue weighted by atomic mass is 9.71. The van der Waals surface area contributed by atoms with Crippen LogP contribution in [0.2, 0.25) is 0 Å². The first kappa shape index (κ1) is 43.8. The van der Waals surface area contributed by atoms with Gasteiger partial charge in [-0.25, -0.2) is 13.2 Å². The summed E-state index contributed by atoms with van der Waals surface area (Å²) in [5, 5.41) is 11.1. The van der Waals surface area contributed by atoms with Gasteiger partial charge in [0.25, 0.3) is 5.91 Å². The van der Waals surface area contributed by atoms with Crippen molar-refractivity contribution in [2.45, 2.75) is 149 Å². The van der Waals surface area contributed by atoms with Crippen LogP contribution < -0.4 is 21.3 Å². The molecule has 0 bridgehead atoms. The highest BCUT2D eigenvalue weighted by molar-refractivity contribution is 7.92. The summed E-state index contributed by atoms with van der Waals surface area (Å²) < 4.78 is 25.7. The standard InChI is InChI=1S/C38H63N5O7S/c1-12-14-19-27(29(44)32(46)39-22-15-13-2)40-31(45)28-23-37(10,11)26(3)24-43(28)33(47)30(35(4,5)6)41-34(48)42-38(20-17-16-18-21-38)25-51(49,50)36(7,8)9/h1,13,26-28,30H,2,14-25H2,3-11H3,(H,39,46)(H,40,45)(H2,41,42,48)/t26?,27?,28-,30+/m0/s1. The molecule has 2 aliphatic rings. The summed E-state index contributed by atoms with van der Waals surface area (Å²) >= 11 is 0. The lowest BCUT2D eigenvalue weighted by Gasteiger charge is -2.49. The van der Waals surface area contributed by atoms with E-state index in [0.29, 0.717) is 19.3 Å². The number of piperidine rings is 1. The maximum atomic E-state index is 14.6. The average molecular weight is 734 g/mol. The van der Waals surface area contributed by atoms with Crippen molar-refractivity contribution < 1.29 is 32.4 Å². The Morgan fingerprint density at radius 2 is 1.63 bits per heavy atom. The van der Waals surface area contributed by atoms with E-state index in [-0.39, 0.29) is 49.4 Å². The van der Waals surface area contributed by atoms with Gasteiger partial charge in [-0.05, 0) is 69.6 Å². The molecule has 51 heavy (non-hydrogen) atoms. The predicted molar refractivity (Wildman–Crippen MR) is 200 cm³/mol. The molecule has 1 saturated carbocycles. The second kappa shape index (κ2) is 17.4. The van der Waals surface area contributed by atoms with Gasteiger partial charge >= 0.3 is 6.03 Å². The fourth-order valence-corrected chi connectivity index (χ4v) is 8.11.